The maximum Gasteiger partial charge on any atom is 0.293 e. The van der Waals surface area contributed by atoms with Gasteiger partial charge in [-0.3, -0.25) is 14.9 Å². The molecule has 2 atom stereocenters. The van der Waals surface area contributed by atoms with Crippen molar-refractivity contribution in [2.24, 2.45) is 11.8 Å². The highest BCUT2D eigenvalue weighted by atomic mass is 16.6. The van der Waals surface area contributed by atoms with E-state index in [4.69, 9.17) is 0 Å². The number of benzene rings is 1. The van der Waals surface area contributed by atoms with Crippen molar-refractivity contribution < 1.29 is 9.72 Å². The van der Waals surface area contributed by atoms with Crippen LogP contribution in [0.2, 0.25) is 0 Å². The molecule has 8 heteroatoms. The zero-order chi connectivity index (χ0) is 20.4. The maximum absolute atomic E-state index is 12.7. The van der Waals surface area contributed by atoms with Crippen molar-refractivity contribution >= 4 is 23.1 Å². The summed E-state index contributed by atoms with van der Waals surface area (Å²) in [5.41, 5.74) is 0.795. The molecule has 1 N–H and O–H groups in total. The van der Waals surface area contributed by atoms with E-state index in [-0.39, 0.29) is 17.3 Å². The Hall–Kier alpha value is -2.90. The highest BCUT2D eigenvalue weighted by molar-refractivity contribution is 6.04. The predicted molar refractivity (Wildman–Crippen MR) is 109 cm³/mol. The number of nitro groups is 1. The largest absolute Gasteiger partial charge is 0.365 e. The van der Waals surface area contributed by atoms with Crippen LogP contribution >= 0.6 is 0 Å². The van der Waals surface area contributed by atoms with Gasteiger partial charge in [0.2, 0.25) is 0 Å². The van der Waals surface area contributed by atoms with Crippen LogP contribution in [-0.4, -0.2) is 33.7 Å². The minimum atomic E-state index is -0.408. The molecule has 2 aromatic rings. The van der Waals surface area contributed by atoms with Gasteiger partial charge in [-0.1, -0.05) is 13.8 Å². The van der Waals surface area contributed by atoms with E-state index in [1.807, 2.05) is 13.8 Å². The summed E-state index contributed by atoms with van der Waals surface area (Å²) in [6.07, 6.45) is 2.73. The minimum absolute atomic E-state index is 0.0358. The first kappa shape index (κ1) is 19.9. The number of hydrogen-bond donors (Lipinski definition) is 1. The van der Waals surface area contributed by atoms with Crippen molar-refractivity contribution in [3.63, 3.8) is 0 Å². The SMILES string of the molecule is CC1CC(C)CN(c2ccc(C(=O)Nc3ccnn3C(C)C)cc2[N+](=O)[O-])C1. The normalized spacial score (nSPS) is 19.7. The molecule has 1 aliphatic heterocycles. The topological polar surface area (TPSA) is 93.3 Å². The number of nitrogens with one attached hydrogen (secondary N) is 1. The first-order chi connectivity index (χ1) is 13.3. The fourth-order valence-corrected chi connectivity index (χ4v) is 3.95. The van der Waals surface area contributed by atoms with Crippen LogP contribution in [0.25, 0.3) is 0 Å². The second kappa shape index (κ2) is 8.00. The molecule has 1 aliphatic rings. The Labute approximate surface area is 164 Å². The summed E-state index contributed by atoms with van der Waals surface area (Å²) in [4.78, 5) is 26.0. The molecule has 0 radical (unpaired) electrons. The Kier molecular flexibility index (Phi) is 5.67. The molecule has 1 amide bonds. The molecule has 0 bridgehead atoms. The molecule has 2 unspecified atom stereocenters. The van der Waals surface area contributed by atoms with Gasteiger partial charge in [-0.15, -0.1) is 0 Å². The number of carbonyl (C=O) groups is 1. The third-order valence-corrected chi connectivity index (χ3v) is 5.04. The first-order valence-electron chi connectivity index (χ1n) is 9.64. The van der Waals surface area contributed by atoms with E-state index in [1.165, 1.54) is 6.07 Å². The molecule has 1 aromatic carbocycles. The summed E-state index contributed by atoms with van der Waals surface area (Å²) in [6.45, 7) is 9.81. The number of aromatic nitrogens is 2. The molecule has 0 spiro atoms. The lowest BCUT2D eigenvalue weighted by Gasteiger charge is -2.36. The van der Waals surface area contributed by atoms with Gasteiger partial charge in [-0.2, -0.15) is 5.10 Å². The van der Waals surface area contributed by atoms with E-state index in [0.29, 0.717) is 23.3 Å². The molecule has 1 aromatic heterocycles. The van der Waals surface area contributed by atoms with Crippen molar-refractivity contribution in [3.8, 4) is 0 Å². The van der Waals surface area contributed by atoms with Crippen LogP contribution in [0.15, 0.2) is 30.5 Å². The van der Waals surface area contributed by atoms with Crippen molar-refractivity contribution in [3.05, 3.63) is 46.1 Å². The monoisotopic (exact) mass is 385 g/mol. The Balaban J connectivity index is 1.87. The van der Waals surface area contributed by atoms with E-state index in [2.05, 4.69) is 29.2 Å². The first-order valence-corrected chi connectivity index (χ1v) is 9.64. The number of nitro benzene ring substituents is 1. The summed E-state index contributed by atoms with van der Waals surface area (Å²) in [7, 11) is 0. The van der Waals surface area contributed by atoms with E-state index in [0.717, 1.165) is 19.5 Å². The third-order valence-electron chi connectivity index (χ3n) is 5.04. The second-order valence-electron chi connectivity index (χ2n) is 8.02. The molecular formula is C20H27N5O3. The number of rotatable bonds is 5. The van der Waals surface area contributed by atoms with Crippen molar-refractivity contribution in [1.82, 2.24) is 9.78 Å². The fraction of sp³-hybridized carbons (Fsp3) is 0.500. The Morgan fingerprint density at radius 3 is 2.54 bits per heavy atom. The van der Waals surface area contributed by atoms with Gasteiger partial charge in [0.15, 0.2) is 0 Å². The minimum Gasteiger partial charge on any atom is -0.365 e. The van der Waals surface area contributed by atoms with Gasteiger partial charge in [0.25, 0.3) is 11.6 Å². The van der Waals surface area contributed by atoms with Crippen LogP contribution in [0, 0.1) is 22.0 Å². The lowest BCUT2D eigenvalue weighted by atomic mass is 9.91. The number of nitrogens with zero attached hydrogens (tertiary/aromatic N) is 4. The molecule has 3 rings (SSSR count). The zero-order valence-corrected chi connectivity index (χ0v) is 16.8. The third kappa shape index (κ3) is 4.16. The van der Waals surface area contributed by atoms with Crippen LogP contribution in [0.4, 0.5) is 17.2 Å². The molecule has 1 fully saturated rings. The summed E-state index contributed by atoms with van der Waals surface area (Å²) >= 11 is 0. The van der Waals surface area contributed by atoms with Gasteiger partial charge in [0.05, 0.1) is 11.1 Å². The molecule has 0 saturated carbocycles. The average Bonchev–Trinajstić information content (AvgIpc) is 3.08. The highest BCUT2D eigenvalue weighted by Gasteiger charge is 2.28. The van der Waals surface area contributed by atoms with Gasteiger partial charge in [0.1, 0.15) is 11.5 Å². The fourth-order valence-electron chi connectivity index (χ4n) is 3.95. The Morgan fingerprint density at radius 1 is 1.25 bits per heavy atom. The van der Waals surface area contributed by atoms with Crippen LogP contribution in [0.5, 0.6) is 0 Å². The highest BCUT2D eigenvalue weighted by Crippen LogP contribution is 2.34. The molecule has 1 saturated heterocycles. The van der Waals surface area contributed by atoms with Gasteiger partial charge in [-0.25, -0.2) is 4.68 Å². The van der Waals surface area contributed by atoms with Crippen molar-refractivity contribution in [2.75, 3.05) is 23.3 Å². The lowest BCUT2D eigenvalue weighted by Crippen LogP contribution is -2.39. The predicted octanol–water partition coefficient (Wildman–Crippen LogP) is 4.11. The smallest absolute Gasteiger partial charge is 0.293 e. The Morgan fingerprint density at radius 2 is 1.93 bits per heavy atom. The summed E-state index contributed by atoms with van der Waals surface area (Å²) in [5, 5.41) is 18.7. The van der Waals surface area contributed by atoms with Gasteiger partial charge < -0.3 is 10.2 Å². The molecule has 0 aliphatic carbocycles. The molecule has 28 heavy (non-hydrogen) atoms. The van der Waals surface area contributed by atoms with E-state index < -0.39 is 10.8 Å². The average molecular weight is 385 g/mol. The molecule has 2 heterocycles. The summed E-state index contributed by atoms with van der Waals surface area (Å²) < 4.78 is 1.69. The Bertz CT molecular complexity index is 866. The molecule has 150 valence electrons. The van der Waals surface area contributed by atoms with Crippen LogP contribution in [0.3, 0.4) is 0 Å². The number of carbonyl (C=O) groups excluding carboxylic acids is 1. The van der Waals surface area contributed by atoms with Gasteiger partial charge in [0, 0.05) is 36.8 Å². The van der Waals surface area contributed by atoms with E-state index >= 15 is 0 Å². The number of piperidine rings is 1. The van der Waals surface area contributed by atoms with Gasteiger partial charge in [-0.05, 0) is 44.2 Å². The summed E-state index contributed by atoms with van der Waals surface area (Å²) in [5.74, 6) is 1.12. The number of amides is 1. The second-order valence-corrected chi connectivity index (χ2v) is 8.02. The molecule has 8 nitrogen and oxygen atoms in total. The lowest BCUT2D eigenvalue weighted by molar-refractivity contribution is -0.384. The van der Waals surface area contributed by atoms with Crippen molar-refractivity contribution in [1.29, 1.82) is 0 Å². The van der Waals surface area contributed by atoms with E-state index in [1.54, 1.807) is 29.1 Å². The van der Waals surface area contributed by atoms with Crippen LogP contribution < -0.4 is 10.2 Å². The van der Waals surface area contributed by atoms with Crippen LogP contribution in [-0.2, 0) is 0 Å². The maximum atomic E-state index is 12.7. The van der Waals surface area contributed by atoms with Crippen molar-refractivity contribution in [2.45, 2.75) is 40.2 Å². The standard InChI is InChI=1S/C20H27N5O3/c1-13(2)24-19(7-8-21-24)22-20(26)16-5-6-17(18(10-16)25(27)28)23-11-14(3)9-15(4)12-23/h5-8,10,13-15H,9,11-12H2,1-4H3,(H,22,26). The zero-order valence-electron chi connectivity index (χ0n) is 16.8. The number of hydrogen-bond acceptors (Lipinski definition) is 5. The van der Waals surface area contributed by atoms with Gasteiger partial charge >= 0.3 is 0 Å². The molecular weight excluding hydrogens is 358 g/mol. The van der Waals surface area contributed by atoms with Crippen LogP contribution in [0.1, 0.15) is 50.5 Å². The summed E-state index contributed by atoms with van der Waals surface area (Å²) in [6, 6.07) is 6.50. The number of anilines is 2. The quantitative estimate of drug-likeness (QED) is 0.618. The van der Waals surface area contributed by atoms with E-state index in [9.17, 15) is 14.9 Å².